The van der Waals surface area contributed by atoms with Gasteiger partial charge in [0, 0.05) is 30.4 Å². The molecule has 4 aromatic heterocycles. The molecule has 0 bridgehead atoms. The van der Waals surface area contributed by atoms with Gasteiger partial charge in [-0.2, -0.15) is 36.9 Å². The Kier molecular flexibility index (Phi) is 8.57. The fourth-order valence-corrected chi connectivity index (χ4v) is 5.25. The summed E-state index contributed by atoms with van der Waals surface area (Å²) >= 11 is 6.00. The SMILES string of the molecule is NC(=O)c1ccc(-c2cnn([C@H](Cc3ccn(C(F)F)n3)c3ccc(-c4c(-n5cc(C(F)(F)F)nn5)ccc(Cl)c4F)c[n+]3[O-])c2)cc1F. The zero-order chi connectivity index (χ0) is 35.2. The molecule has 252 valence electrons. The Hall–Kier alpha value is -5.78. The second kappa shape index (κ2) is 12.7. The number of carbonyl (C=O) groups is 1. The third-order valence-electron chi connectivity index (χ3n) is 7.43. The molecule has 0 fully saturated rings. The number of primary amides is 1. The molecule has 0 aliphatic heterocycles. The number of aromatic nitrogens is 8. The molecular weight excluding hydrogens is 687 g/mol. The number of nitrogens with two attached hydrogens (primary N) is 1. The maximum Gasteiger partial charge on any atom is 0.436 e. The molecule has 0 saturated carbocycles. The van der Waals surface area contributed by atoms with Gasteiger partial charge < -0.3 is 10.9 Å². The first-order valence-corrected chi connectivity index (χ1v) is 14.3. The average molecular weight is 706 g/mol. The zero-order valence-corrected chi connectivity index (χ0v) is 25.1. The number of halogens is 8. The van der Waals surface area contributed by atoms with Crippen molar-refractivity contribution in [2.24, 2.45) is 5.73 Å². The number of hydrogen-bond donors (Lipinski definition) is 1. The molecule has 0 aliphatic rings. The summed E-state index contributed by atoms with van der Waals surface area (Å²) in [7, 11) is 0. The summed E-state index contributed by atoms with van der Waals surface area (Å²) in [6, 6.07) is 8.84. The van der Waals surface area contributed by atoms with Crippen LogP contribution in [0.2, 0.25) is 5.02 Å². The van der Waals surface area contributed by atoms with Crippen LogP contribution >= 0.6 is 11.6 Å². The quantitative estimate of drug-likeness (QED) is 0.113. The molecule has 6 rings (SSSR count). The third kappa shape index (κ3) is 6.54. The molecule has 0 saturated heterocycles. The van der Waals surface area contributed by atoms with Gasteiger partial charge in [-0.15, -0.1) is 5.10 Å². The highest BCUT2D eigenvalue weighted by molar-refractivity contribution is 6.31. The van der Waals surface area contributed by atoms with Crippen molar-refractivity contribution in [3.05, 3.63) is 124 Å². The molecule has 11 nitrogen and oxygen atoms in total. The van der Waals surface area contributed by atoms with Crippen LogP contribution in [-0.4, -0.2) is 40.5 Å². The lowest BCUT2D eigenvalue weighted by molar-refractivity contribution is -0.615. The number of pyridine rings is 1. The minimum Gasteiger partial charge on any atom is -0.618 e. The molecule has 2 N–H and O–H groups in total. The fraction of sp³-hybridized carbons (Fsp3) is 0.133. The molecule has 0 unspecified atom stereocenters. The van der Waals surface area contributed by atoms with E-state index in [1.165, 1.54) is 53.5 Å². The van der Waals surface area contributed by atoms with E-state index in [9.17, 15) is 36.3 Å². The Balaban J connectivity index is 1.42. The molecule has 2 aromatic carbocycles. The molecule has 4 heterocycles. The lowest BCUT2D eigenvalue weighted by Gasteiger charge is -2.18. The summed E-state index contributed by atoms with van der Waals surface area (Å²) in [5.41, 5.74) is 3.57. The molecular formula is C30H19ClF7N9O2. The highest BCUT2D eigenvalue weighted by atomic mass is 35.5. The first kappa shape index (κ1) is 33.1. The normalized spacial score (nSPS) is 12.5. The predicted octanol–water partition coefficient (Wildman–Crippen LogP) is 5.90. The number of alkyl halides is 5. The molecule has 49 heavy (non-hydrogen) atoms. The topological polar surface area (TPSA) is 136 Å². The van der Waals surface area contributed by atoms with Crippen molar-refractivity contribution in [3.63, 3.8) is 0 Å². The summed E-state index contributed by atoms with van der Waals surface area (Å²) in [5.74, 6) is -2.91. The van der Waals surface area contributed by atoms with E-state index in [0.29, 0.717) is 31.4 Å². The van der Waals surface area contributed by atoms with Gasteiger partial charge in [0.1, 0.15) is 11.9 Å². The number of hydrogen-bond acceptors (Lipinski definition) is 6. The van der Waals surface area contributed by atoms with Gasteiger partial charge in [0.25, 0.3) is 5.91 Å². The molecule has 0 radical (unpaired) electrons. The van der Waals surface area contributed by atoms with E-state index in [1.54, 1.807) is 0 Å². The van der Waals surface area contributed by atoms with Crippen LogP contribution in [0.4, 0.5) is 30.7 Å². The van der Waals surface area contributed by atoms with Crippen LogP contribution in [0.1, 0.15) is 40.0 Å². The molecule has 0 aliphatic carbocycles. The molecule has 19 heteroatoms. The zero-order valence-electron chi connectivity index (χ0n) is 24.4. The van der Waals surface area contributed by atoms with E-state index in [2.05, 4.69) is 20.5 Å². The van der Waals surface area contributed by atoms with Gasteiger partial charge in [-0.25, -0.2) is 18.1 Å². The lowest BCUT2D eigenvalue weighted by atomic mass is 10.0. The first-order valence-electron chi connectivity index (χ1n) is 13.9. The minimum absolute atomic E-state index is 0.0376. The Bertz CT molecular complexity index is 2200. The molecule has 6 aromatic rings. The second-order valence-corrected chi connectivity index (χ2v) is 10.9. The Morgan fingerprint density at radius 3 is 2.39 bits per heavy atom. The second-order valence-electron chi connectivity index (χ2n) is 10.5. The van der Waals surface area contributed by atoms with Gasteiger partial charge in [0.15, 0.2) is 17.7 Å². The lowest BCUT2D eigenvalue weighted by Crippen LogP contribution is -2.36. The Morgan fingerprint density at radius 2 is 1.76 bits per heavy atom. The van der Waals surface area contributed by atoms with E-state index in [0.717, 1.165) is 24.5 Å². The monoisotopic (exact) mass is 705 g/mol. The summed E-state index contributed by atoms with van der Waals surface area (Å²) in [4.78, 5) is 11.5. The van der Waals surface area contributed by atoms with Crippen LogP contribution in [-0.2, 0) is 12.6 Å². The van der Waals surface area contributed by atoms with E-state index in [1.807, 2.05) is 0 Å². The van der Waals surface area contributed by atoms with Gasteiger partial charge in [0.2, 0.25) is 5.69 Å². The number of benzene rings is 2. The largest absolute Gasteiger partial charge is 0.618 e. The van der Waals surface area contributed by atoms with Crippen LogP contribution in [0.3, 0.4) is 0 Å². The average Bonchev–Trinajstić information content (AvgIpc) is 3.82. The van der Waals surface area contributed by atoms with Crippen molar-refractivity contribution in [1.29, 1.82) is 0 Å². The van der Waals surface area contributed by atoms with E-state index in [4.69, 9.17) is 17.3 Å². The van der Waals surface area contributed by atoms with Crippen molar-refractivity contribution < 1.29 is 40.3 Å². The van der Waals surface area contributed by atoms with Crippen molar-refractivity contribution in [2.75, 3.05) is 0 Å². The molecule has 1 amide bonds. The standard InChI is InChI=1S/C30H19ClF7N9O2/c31-20-4-6-23(46-14-25(41-43-46)30(36,37)38)26(27(20)33)16-2-5-22(47(49)13-16)24(10-18-7-8-44(42-18)29(34)35)45-12-17(11-40-45)15-1-3-19(28(39)48)21(32)9-15/h1-9,11-14,24,29H,10H2,(H2,39,48)/t24-/m1/s1. The first-order chi connectivity index (χ1) is 23.2. The van der Waals surface area contributed by atoms with E-state index in [-0.39, 0.29) is 40.2 Å². The highest BCUT2D eigenvalue weighted by Crippen LogP contribution is 2.35. The van der Waals surface area contributed by atoms with Gasteiger partial charge >= 0.3 is 12.7 Å². The van der Waals surface area contributed by atoms with Crippen LogP contribution < -0.4 is 10.5 Å². The van der Waals surface area contributed by atoms with Crippen LogP contribution in [0.5, 0.6) is 0 Å². The summed E-state index contributed by atoms with van der Waals surface area (Å²) < 4.78 is 98.9. The number of carbonyl (C=O) groups excluding carboxylic acids is 1. The van der Waals surface area contributed by atoms with Gasteiger partial charge in [0.05, 0.1) is 45.5 Å². The Morgan fingerprint density at radius 1 is 1.00 bits per heavy atom. The van der Waals surface area contributed by atoms with Crippen LogP contribution in [0.15, 0.2) is 79.5 Å². The number of amides is 1. The van der Waals surface area contributed by atoms with E-state index < -0.39 is 47.0 Å². The fourth-order valence-electron chi connectivity index (χ4n) is 5.09. The smallest absolute Gasteiger partial charge is 0.436 e. The van der Waals surface area contributed by atoms with Crippen molar-refractivity contribution in [2.45, 2.75) is 25.2 Å². The maximum atomic E-state index is 15.5. The van der Waals surface area contributed by atoms with Gasteiger partial charge in [-0.3, -0.25) is 9.48 Å². The van der Waals surface area contributed by atoms with Crippen LogP contribution in [0.25, 0.3) is 27.9 Å². The third-order valence-corrected chi connectivity index (χ3v) is 7.72. The molecule has 1 atom stereocenters. The molecule has 0 spiro atoms. The maximum absolute atomic E-state index is 15.5. The minimum atomic E-state index is -4.84. The summed E-state index contributed by atoms with van der Waals surface area (Å²) in [5, 5.41) is 27.9. The van der Waals surface area contributed by atoms with E-state index >= 15 is 4.39 Å². The summed E-state index contributed by atoms with van der Waals surface area (Å²) in [6.45, 7) is -2.94. The van der Waals surface area contributed by atoms with Crippen molar-refractivity contribution in [3.8, 4) is 27.9 Å². The number of rotatable bonds is 9. The van der Waals surface area contributed by atoms with Crippen molar-refractivity contribution >= 4 is 17.5 Å². The van der Waals surface area contributed by atoms with Crippen molar-refractivity contribution in [1.82, 2.24) is 34.6 Å². The Labute approximate surface area is 275 Å². The van der Waals surface area contributed by atoms with Gasteiger partial charge in [-0.1, -0.05) is 22.9 Å². The summed E-state index contributed by atoms with van der Waals surface area (Å²) in [6.07, 6.45) is 0.323. The van der Waals surface area contributed by atoms with Gasteiger partial charge in [-0.05, 0) is 42.0 Å². The highest BCUT2D eigenvalue weighted by Gasteiger charge is 2.35. The predicted molar refractivity (Wildman–Crippen MR) is 157 cm³/mol. The van der Waals surface area contributed by atoms with Crippen LogP contribution in [0, 0.1) is 16.8 Å². The number of nitrogens with zero attached hydrogens (tertiary/aromatic N) is 8.